The smallest absolute Gasteiger partial charge is 0.416 e. The number of nitrogens with zero attached hydrogens (tertiary/aromatic N) is 3. The summed E-state index contributed by atoms with van der Waals surface area (Å²) >= 11 is 0. The monoisotopic (exact) mass is 577 g/mol. The molecule has 5 rings (SSSR count). The largest absolute Gasteiger partial charge is 0.486 e. The fraction of sp³-hybridized carbons (Fsp3) is 0.192. The quantitative estimate of drug-likeness (QED) is 0.291. The number of hydrogen-bond donors (Lipinski definition) is 1. The summed E-state index contributed by atoms with van der Waals surface area (Å²) in [5.74, 6) is -1.80. The van der Waals surface area contributed by atoms with Crippen LogP contribution < -0.4 is 9.04 Å². The third-order valence-electron chi connectivity index (χ3n) is 6.11. The molecule has 0 spiro atoms. The molecule has 40 heavy (non-hydrogen) atoms. The normalized spacial score (nSPS) is 15.4. The maximum atomic E-state index is 14.2. The van der Waals surface area contributed by atoms with Crippen LogP contribution in [0, 0.1) is 5.82 Å². The van der Waals surface area contributed by atoms with Gasteiger partial charge in [-0.3, -0.25) is 9.10 Å². The molecule has 208 valence electrons. The zero-order valence-corrected chi connectivity index (χ0v) is 21.1. The van der Waals surface area contributed by atoms with Gasteiger partial charge in [0.1, 0.15) is 17.7 Å². The first-order valence-corrected chi connectivity index (χ1v) is 13.2. The van der Waals surface area contributed by atoms with Gasteiger partial charge in [-0.1, -0.05) is 23.4 Å². The van der Waals surface area contributed by atoms with Crippen LogP contribution in [0.15, 0.2) is 76.1 Å². The van der Waals surface area contributed by atoms with Crippen LogP contribution in [0.5, 0.6) is 5.75 Å². The van der Waals surface area contributed by atoms with Gasteiger partial charge in [0.15, 0.2) is 0 Å². The first kappa shape index (κ1) is 27.1. The standard InChI is InChI=1S/C26H19F4N3O6S/c27-20-7-2-1-6-19(20)25-31-24(32-39-25)15-8-10-22-21(12-15)33(14-17(38-22)9-11-23(34)35)40(36,37)18-5-3-4-16(13-18)26(28,29)30/h1-8,10,12-13,17H,9,11,14H2,(H,34,35). The van der Waals surface area contributed by atoms with Crippen LogP contribution in [0.1, 0.15) is 18.4 Å². The van der Waals surface area contributed by atoms with Gasteiger partial charge in [0.2, 0.25) is 5.82 Å². The molecular weight excluding hydrogens is 558 g/mol. The maximum absolute atomic E-state index is 14.2. The van der Waals surface area contributed by atoms with Gasteiger partial charge in [-0.2, -0.15) is 18.2 Å². The number of hydrogen-bond acceptors (Lipinski definition) is 7. The van der Waals surface area contributed by atoms with Crippen LogP contribution in [0.4, 0.5) is 23.2 Å². The molecule has 14 heteroatoms. The number of carboxylic acids is 1. The van der Waals surface area contributed by atoms with Crippen molar-refractivity contribution < 1.29 is 45.1 Å². The Morgan fingerprint density at radius 2 is 1.85 bits per heavy atom. The fourth-order valence-corrected chi connectivity index (χ4v) is 5.70. The van der Waals surface area contributed by atoms with E-state index in [2.05, 4.69) is 10.1 Å². The third kappa shape index (κ3) is 5.34. The van der Waals surface area contributed by atoms with E-state index in [0.717, 1.165) is 22.5 Å². The van der Waals surface area contributed by atoms with Gasteiger partial charge < -0.3 is 14.4 Å². The van der Waals surface area contributed by atoms with Gasteiger partial charge in [0.25, 0.3) is 15.9 Å². The highest BCUT2D eigenvalue weighted by Gasteiger charge is 2.37. The van der Waals surface area contributed by atoms with Crippen molar-refractivity contribution in [1.29, 1.82) is 0 Å². The summed E-state index contributed by atoms with van der Waals surface area (Å²) in [4.78, 5) is 14.7. The lowest BCUT2D eigenvalue weighted by Crippen LogP contribution is -2.43. The molecule has 4 aromatic rings. The molecule has 0 radical (unpaired) electrons. The second-order valence-corrected chi connectivity index (χ2v) is 10.7. The second kappa shape index (κ2) is 10.3. The van der Waals surface area contributed by atoms with Crippen LogP contribution in [0.3, 0.4) is 0 Å². The molecule has 0 saturated heterocycles. The van der Waals surface area contributed by atoms with Gasteiger partial charge in [-0.25, -0.2) is 12.8 Å². The molecule has 0 fully saturated rings. The van der Waals surface area contributed by atoms with Crippen LogP contribution in [0.25, 0.3) is 22.8 Å². The average molecular weight is 578 g/mol. The van der Waals surface area contributed by atoms with Gasteiger partial charge in [-0.05, 0) is 55.0 Å². The number of aromatic nitrogens is 2. The highest BCUT2D eigenvalue weighted by atomic mass is 32.2. The molecule has 1 atom stereocenters. The number of anilines is 1. The number of carboxylic acid groups (broad SMARTS) is 1. The highest BCUT2D eigenvalue weighted by molar-refractivity contribution is 7.92. The molecule has 1 aliphatic rings. The van der Waals surface area contributed by atoms with E-state index < -0.39 is 44.5 Å². The van der Waals surface area contributed by atoms with E-state index in [1.165, 1.54) is 36.4 Å². The number of halogens is 4. The van der Waals surface area contributed by atoms with E-state index >= 15 is 0 Å². The van der Waals surface area contributed by atoms with Crippen molar-refractivity contribution in [3.8, 4) is 28.6 Å². The van der Waals surface area contributed by atoms with Crippen molar-refractivity contribution in [3.63, 3.8) is 0 Å². The van der Waals surface area contributed by atoms with Gasteiger partial charge in [-0.15, -0.1) is 0 Å². The van der Waals surface area contributed by atoms with Gasteiger partial charge in [0, 0.05) is 12.0 Å². The van der Waals surface area contributed by atoms with E-state index in [0.29, 0.717) is 6.07 Å². The highest BCUT2D eigenvalue weighted by Crippen LogP contribution is 2.41. The molecule has 1 unspecified atom stereocenters. The predicted molar refractivity (Wildman–Crippen MR) is 132 cm³/mol. The molecule has 0 amide bonds. The number of fused-ring (bicyclic) bond motifs is 1. The van der Waals surface area contributed by atoms with E-state index in [1.54, 1.807) is 6.07 Å². The molecule has 3 aromatic carbocycles. The minimum absolute atomic E-state index is 0.00882. The Morgan fingerprint density at radius 3 is 2.58 bits per heavy atom. The molecule has 0 saturated carbocycles. The lowest BCUT2D eigenvalue weighted by atomic mass is 10.1. The van der Waals surface area contributed by atoms with Crippen molar-refractivity contribution in [2.24, 2.45) is 0 Å². The van der Waals surface area contributed by atoms with Crippen molar-refractivity contribution in [2.75, 3.05) is 10.8 Å². The summed E-state index contributed by atoms with van der Waals surface area (Å²) in [6.45, 7) is -0.366. The summed E-state index contributed by atoms with van der Waals surface area (Å²) in [6, 6.07) is 13.3. The van der Waals surface area contributed by atoms with E-state index in [-0.39, 0.29) is 53.7 Å². The molecule has 0 bridgehead atoms. The second-order valence-electron chi connectivity index (χ2n) is 8.82. The third-order valence-corrected chi connectivity index (χ3v) is 7.88. The topological polar surface area (TPSA) is 123 Å². The molecule has 9 nitrogen and oxygen atoms in total. The Morgan fingerprint density at radius 1 is 1.07 bits per heavy atom. The molecule has 1 aliphatic heterocycles. The minimum atomic E-state index is -4.78. The Kier molecular flexibility index (Phi) is 6.96. The SMILES string of the molecule is O=C(O)CCC1CN(S(=O)(=O)c2cccc(C(F)(F)F)c2)c2cc(-c3noc(-c4ccccc4F)n3)ccc2O1. The summed E-state index contributed by atoms with van der Waals surface area (Å²) in [7, 11) is -4.58. The minimum Gasteiger partial charge on any atom is -0.486 e. The molecular formula is C26H19F4N3O6S. The van der Waals surface area contributed by atoms with E-state index in [4.69, 9.17) is 14.4 Å². The zero-order chi connectivity index (χ0) is 28.7. The molecule has 2 heterocycles. The van der Waals surface area contributed by atoms with Gasteiger partial charge in [0.05, 0.1) is 28.3 Å². The van der Waals surface area contributed by atoms with Crippen molar-refractivity contribution in [2.45, 2.75) is 30.0 Å². The zero-order valence-electron chi connectivity index (χ0n) is 20.3. The summed E-state index contributed by atoms with van der Waals surface area (Å²) in [5, 5.41) is 12.9. The van der Waals surface area contributed by atoms with Crippen LogP contribution in [-0.2, 0) is 21.0 Å². The Bertz CT molecular complexity index is 1690. The molecule has 0 aliphatic carbocycles. The fourth-order valence-electron chi connectivity index (χ4n) is 4.16. The number of rotatable bonds is 7. The van der Waals surface area contributed by atoms with Crippen LogP contribution in [-0.4, -0.2) is 42.3 Å². The van der Waals surface area contributed by atoms with Gasteiger partial charge >= 0.3 is 12.1 Å². The summed E-state index contributed by atoms with van der Waals surface area (Å²) in [6.07, 6.45) is -6.05. The lowest BCUT2D eigenvalue weighted by molar-refractivity contribution is -0.138. The number of sulfonamides is 1. The van der Waals surface area contributed by atoms with Crippen molar-refractivity contribution >= 4 is 21.7 Å². The average Bonchev–Trinajstić information content (AvgIpc) is 3.41. The Balaban J connectivity index is 1.57. The van der Waals surface area contributed by atoms with Crippen molar-refractivity contribution in [3.05, 3.63) is 78.1 Å². The molecule has 1 aromatic heterocycles. The lowest BCUT2D eigenvalue weighted by Gasteiger charge is -2.35. The Labute approximate surface area is 224 Å². The predicted octanol–water partition coefficient (Wildman–Crippen LogP) is 5.38. The summed E-state index contributed by atoms with van der Waals surface area (Å²) in [5.41, 5.74) is -0.871. The number of carbonyl (C=O) groups is 1. The first-order chi connectivity index (χ1) is 18.9. The number of alkyl halides is 3. The number of aliphatic carboxylic acids is 1. The molecule has 1 N–H and O–H groups in total. The van der Waals surface area contributed by atoms with Crippen molar-refractivity contribution in [1.82, 2.24) is 10.1 Å². The number of benzene rings is 3. The Hall–Kier alpha value is -4.46. The van der Waals surface area contributed by atoms with E-state index in [9.17, 15) is 30.8 Å². The van der Waals surface area contributed by atoms with Crippen LogP contribution >= 0.6 is 0 Å². The van der Waals surface area contributed by atoms with E-state index in [1.807, 2.05) is 0 Å². The maximum Gasteiger partial charge on any atom is 0.416 e. The van der Waals surface area contributed by atoms with Crippen LogP contribution in [0.2, 0.25) is 0 Å². The summed E-state index contributed by atoms with van der Waals surface area (Å²) < 4.78 is 93.4. The number of ether oxygens (including phenoxy) is 1. The first-order valence-electron chi connectivity index (χ1n) is 11.7.